The zero-order valence-electron chi connectivity index (χ0n) is 11.9. The molecule has 0 radical (unpaired) electrons. The lowest BCUT2D eigenvalue weighted by Gasteiger charge is -2.12. The van der Waals surface area contributed by atoms with Crippen molar-refractivity contribution in [2.75, 3.05) is 13.7 Å². The molecular weight excluding hydrogens is 274 g/mol. The van der Waals surface area contributed by atoms with Crippen LogP contribution in [0.4, 0.5) is 0 Å². The van der Waals surface area contributed by atoms with Crippen molar-refractivity contribution in [3.05, 3.63) is 35.4 Å². The fourth-order valence-corrected chi connectivity index (χ4v) is 2.27. The standard InChI is InChI=1S/C15H19NO5/c1-20-9-10-2-4-11(5-3-10)14(17)16-8-12-6-7-13(21-12)15(18)19/h2-5,12-13H,6-9H2,1H3,(H,16,17)(H,18,19). The number of carbonyl (C=O) groups excluding carboxylic acids is 1. The van der Waals surface area contributed by atoms with Crippen molar-refractivity contribution in [2.24, 2.45) is 0 Å². The molecule has 114 valence electrons. The minimum absolute atomic E-state index is 0.193. The summed E-state index contributed by atoms with van der Waals surface area (Å²) < 4.78 is 10.3. The molecule has 2 atom stereocenters. The van der Waals surface area contributed by atoms with Crippen LogP contribution in [0.3, 0.4) is 0 Å². The van der Waals surface area contributed by atoms with Crippen molar-refractivity contribution < 1.29 is 24.2 Å². The van der Waals surface area contributed by atoms with Gasteiger partial charge in [-0.1, -0.05) is 12.1 Å². The zero-order chi connectivity index (χ0) is 15.2. The van der Waals surface area contributed by atoms with Gasteiger partial charge >= 0.3 is 5.97 Å². The summed E-state index contributed by atoms with van der Waals surface area (Å²) in [6.07, 6.45) is 0.147. The minimum Gasteiger partial charge on any atom is -0.479 e. The molecule has 1 saturated heterocycles. The molecule has 1 fully saturated rings. The topological polar surface area (TPSA) is 84.9 Å². The number of carboxylic acid groups (broad SMARTS) is 1. The van der Waals surface area contributed by atoms with E-state index in [0.717, 1.165) is 5.56 Å². The molecule has 1 amide bonds. The molecule has 21 heavy (non-hydrogen) atoms. The SMILES string of the molecule is COCc1ccc(C(=O)NCC2CCC(C(=O)O)O2)cc1. The molecule has 2 N–H and O–H groups in total. The summed E-state index contributed by atoms with van der Waals surface area (Å²) in [5.74, 6) is -1.14. The Balaban J connectivity index is 1.80. The largest absolute Gasteiger partial charge is 0.479 e. The van der Waals surface area contributed by atoms with Gasteiger partial charge in [-0.2, -0.15) is 0 Å². The predicted octanol–water partition coefficient (Wildman–Crippen LogP) is 1.19. The van der Waals surface area contributed by atoms with Crippen molar-refractivity contribution in [1.29, 1.82) is 0 Å². The highest BCUT2D eigenvalue weighted by molar-refractivity contribution is 5.94. The number of hydrogen-bond acceptors (Lipinski definition) is 4. The second-order valence-electron chi connectivity index (χ2n) is 5.00. The Morgan fingerprint density at radius 1 is 1.33 bits per heavy atom. The van der Waals surface area contributed by atoms with Crippen LogP contribution < -0.4 is 5.32 Å². The van der Waals surface area contributed by atoms with Crippen LogP contribution in [-0.4, -0.2) is 42.8 Å². The highest BCUT2D eigenvalue weighted by Gasteiger charge is 2.30. The summed E-state index contributed by atoms with van der Waals surface area (Å²) in [5.41, 5.74) is 1.56. The summed E-state index contributed by atoms with van der Waals surface area (Å²) in [7, 11) is 1.62. The Kier molecular flexibility index (Phi) is 5.30. The van der Waals surface area contributed by atoms with Gasteiger partial charge in [-0.25, -0.2) is 4.79 Å². The van der Waals surface area contributed by atoms with E-state index in [9.17, 15) is 9.59 Å². The molecule has 2 unspecified atom stereocenters. The lowest BCUT2D eigenvalue weighted by atomic mass is 10.1. The first-order chi connectivity index (χ1) is 10.1. The van der Waals surface area contributed by atoms with E-state index in [0.29, 0.717) is 31.6 Å². The van der Waals surface area contributed by atoms with Gasteiger partial charge in [-0.3, -0.25) is 4.79 Å². The van der Waals surface area contributed by atoms with E-state index in [1.54, 1.807) is 19.2 Å². The molecule has 1 aliphatic rings. The van der Waals surface area contributed by atoms with E-state index in [2.05, 4.69) is 5.32 Å². The zero-order valence-corrected chi connectivity index (χ0v) is 11.9. The molecule has 6 heteroatoms. The second kappa shape index (κ2) is 7.19. The van der Waals surface area contributed by atoms with E-state index in [-0.39, 0.29) is 12.0 Å². The number of methoxy groups -OCH3 is 1. The summed E-state index contributed by atoms with van der Waals surface area (Å²) in [4.78, 5) is 22.7. The number of amides is 1. The maximum absolute atomic E-state index is 12.0. The maximum Gasteiger partial charge on any atom is 0.332 e. The first-order valence-corrected chi connectivity index (χ1v) is 6.84. The fraction of sp³-hybridized carbons (Fsp3) is 0.467. The van der Waals surface area contributed by atoms with Gasteiger partial charge in [-0.05, 0) is 30.5 Å². The second-order valence-corrected chi connectivity index (χ2v) is 5.00. The molecule has 0 aliphatic carbocycles. The number of nitrogens with one attached hydrogen (secondary N) is 1. The molecule has 2 rings (SSSR count). The first kappa shape index (κ1) is 15.5. The highest BCUT2D eigenvalue weighted by Crippen LogP contribution is 2.19. The van der Waals surface area contributed by atoms with Crippen LogP contribution in [0.25, 0.3) is 0 Å². The number of rotatable bonds is 6. The van der Waals surface area contributed by atoms with E-state index in [1.165, 1.54) is 0 Å². The molecule has 1 aromatic rings. The van der Waals surface area contributed by atoms with Crippen LogP contribution in [0.2, 0.25) is 0 Å². The average Bonchev–Trinajstić information content (AvgIpc) is 2.95. The van der Waals surface area contributed by atoms with Gasteiger partial charge in [0.05, 0.1) is 12.7 Å². The van der Waals surface area contributed by atoms with Crippen molar-refractivity contribution in [3.8, 4) is 0 Å². The van der Waals surface area contributed by atoms with E-state index in [1.807, 2.05) is 12.1 Å². The Labute approximate surface area is 123 Å². The minimum atomic E-state index is -0.947. The number of ether oxygens (including phenoxy) is 2. The van der Waals surface area contributed by atoms with Gasteiger partial charge in [-0.15, -0.1) is 0 Å². The molecule has 0 saturated carbocycles. The average molecular weight is 293 g/mol. The molecule has 1 heterocycles. The van der Waals surface area contributed by atoms with Gasteiger partial charge in [0.1, 0.15) is 0 Å². The Morgan fingerprint density at radius 2 is 2.05 bits per heavy atom. The Hall–Kier alpha value is -1.92. The molecule has 0 spiro atoms. The summed E-state index contributed by atoms with van der Waals surface area (Å²) in [6, 6.07) is 7.15. The number of hydrogen-bond donors (Lipinski definition) is 2. The van der Waals surface area contributed by atoms with Crippen molar-refractivity contribution in [2.45, 2.75) is 31.7 Å². The maximum atomic E-state index is 12.0. The summed E-state index contributed by atoms with van der Waals surface area (Å²) in [6.45, 7) is 0.830. The van der Waals surface area contributed by atoms with Crippen LogP contribution >= 0.6 is 0 Å². The van der Waals surface area contributed by atoms with Gasteiger partial charge in [0, 0.05) is 19.2 Å². The number of benzene rings is 1. The molecule has 0 aromatic heterocycles. The lowest BCUT2D eigenvalue weighted by Crippen LogP contribution is -2.33. The molecule has 1 aromatic carbocycles. The van der Waals surface area contributed by atoms with E-state index in [4.69, 9.17) is 14.6 Å². The van der Waals surface area contributed by atoms with Gasteiger partial charge < -0.3 is 19.9 Å². The highest BCUT2D eigenvalue weighted by atomic mass is 16.5. The number of aliphatic carboxylic acids is 1. The monoisotopic (exact) mass is 293 g/mol. The smallest absolute Gasteiger partial charge is 0.332 e. The fourth-order valence-electron chi connectivity index (χ4n) is 2.27. The predicted molar refractivity (Wildman–Crippen MR) is 75.0 cm³/mol. The Bertz CT molecular complexity index is 499. The third kappa shape index (κ3) is 4.27. The van der Waals surface area contributed by atoms with Gasteiger partial charge in [0.15, 0.2) is 6.10 Å². The Morgan fingerprint density at radius 3 is 2.62 bits per heavy atom. The van der Waals surface area contributed by atoms with Crippen LogP contribution in [0.5, 0.6) is 0 Å². The summed E-state index contributed by atoms with van der Waals surface area (Å²) in [5, 5.41) is 11.6. The molecule has 1 aliphatic heterocycles. The van der Waals surface area contributed by atoms with Crippen LogP contribution in [0, 0.1) is 0 Å². The normalized spacial score (nSPS) is 21.2. The van der Waals surface area contributed by atoms with E-state index >= 15 is 0 Å². The quantitative estimate of drug-likeness (QED) is 0.823. The third-order valence-electron chi connectivity index (χ3n) is 3.40. The molecule has 0 bridgehead atoms. The van der Waals surface area contributed by atoms with Gasteiger partial charge in [0.25, 0.3) is 5.91 Å². The molecule has 6 nitrogen and oxygen atoms in total. The van der Waals surface area contributed by atoms with Gasteiger partial charge in [0.2, 0.25) is 0 Å². The lowest BCUT2D eigenvalue weighted by molar-refractivity contribution is -0.149. The third-order valence-corrected chi connectivity index (χ3v) is 3.40. The first-order valence-electron chi connectivity index (χ1n) is 6.84. The van der Waals surface area contributed by atoms with Crippen molar-refractivity contribution in [1.82, 2.24) is 5.32 Å². The van der Waals surface area contributed by atoms with Crippen molar-refractivity contribution >= 4 is 11.9 Å². The van der Waals surface area contributed by atoms with E-state index < -0.39 is 12.1 Å². The van der Waals surface area contributed by atoms with Crippen LogP contribution in [0.1, 0.15) is 28.8 Å². The van der Waals surface area contributed by atoms with Crippen LogP contribution in [0.15, 0.2) is 24.3 Å². The summed E-state index contributed by atoms with van der Waals surface area (Å²) >= 11 is 0. The number of carbonyl (C=O) groups is 2. The molecular formula is C15H19NO5. The van der Waals surface area contributed by atoms with Crippen LogP contribution in [-0.2, 0) is 20.9 Å². The van der Waals surface area contributed by atoms with Crippen molar-refractivity contribution in [3.63, 3.8) is 0 Å². The number of carboxylic acids is 1.